The minimum atomic E-state index is -0.563. The first-order valence-electron chi connectivity index (χ1n) is 10.5. The molecule has 2 aromatic carbocycles. The summed E-state index contributed by atoms with van der Waals surface area (Å²) in [4.78, 5) is 29.1. The summed E-state index contributed by atoms with van der Waals surface area (Å²) in [5.41, 5.74) is 9.93. The lowest BCUT2D eigenvalue weighted by molar-refractivity contribution is -0.118. The normalized spacial score (nSPS) is 15.3. The number of ether oxygens (including phenoxy) is 2. The molecule has 7 nitrogen and oxygen atoms in total. The zero-order chi connectivity index (χ0) is 22.5. The SMILES string of the molecule is Cc1c(-c2ccc(C(N)=O)cc2)cnc(NC(=O)C2(c3ccc4c(c3)OCO4)CC2)c1C. The molecule has 0 unspecified atom stereocenters. The van der Waals surface area contributed by atoms with Gasteiger partial charge in [-0.1, -0.05) is 18.2 Å². The van der Waals surface area contributed by atoms with Gasteiger partial charge in [0.2, 0.25) is 18.6 Å². The molecule has 3 N–H and O–H groups in total. The smallest absolute Gasteiger partial charge is 0.248 e. The number of primary amides is 1. The molecule has 5 rings (SSSR count). The van der Waals surface area contributed by atoms with Gasteiger partial charge in [-0.15, -0.1) is 0 Å². The molecule has 0 radical (unpaired) electrons. The molecule has 1 aliphatic heterocycles. The van der Waals surface area contributed by atoms with Crippen molar-refractivity contribution in [1.82, 2.24) is 4.98 Å². The van der Waals surface area contributed by atoms with Crippen molar-refractivity contribution in [3.63, 3.8) is 0 Å². The molecule has 1 fully saturated rings. The van der Waals surface area contributed by atoms with E-state index in [1.165, 1.54) is 0 Å². The highest BCUT2D eigenvalue weighted by atomic mass is 16.7. The molecule has 2 amide bonds. The highest BCUT2D eigenvalue weighted by Crippen LogP contribution is 2.51. The van der Waals surface area contributed by atoms with Crippen LogP contribution in [0.15, 0.2) is 48.7 Å². The predicted molar refractivity (Wildman–Crippen MR) is 120 cm³/mol. The number of hydrogen-bond acceptors (Lipinski definition) is 5. The van der Waals surface area contributed by atoms with Crippen LogP contribution in [0.5, 0.6) is 11.5 Å². The Balaban J connectivity index is 1.39. The molecule has 162 valence electrons. The fraction of sp³-hybridized carbons (Fsp3) is 0.240. The third-order valence-electron chi connectivity index (χ3n) is 6.47. The van der Waals surface area contributed by atoms with Crippen LogP contribution in [0.25, 0.3) is 11.1 Å². The number of carbonyl (C=O) groups excluding carboxylic acids is 2. The predicted octanol–water partition coefficient (Wildman–Crippen LogP) is 3.86. The lowest BCUT2D eigenvalue weighted by Crippen LogP contribution is -2.28. The lowest BCUT2D eigenvalue weighted by Gasteiger charge is -2.18. The van der Waals surface area contributed by atoms with Crippen molar-refractivity contribution in [2.45, 2.75) is 32.1 Å². The van der Waals surface area contributed by atoms with Gasteiger partial charge in [0.25, 0.3) is 0 Å². The van der Waals surface area contributed by atoms with Crippen molar-refractivity contribution in [2.24, 2.45) is 5.73 Å². The van der Waals surface area contributed by atoms with E-state index >= 15 is 0 Å². The Morgan fingerprint density at radius 3 is 2.41 bits per heavy atom. The molecule has 1 aliphatic carbocycles. The van der Waals surface area contributed by atoms with E-state index in [0.717, 1.165) is 40.7 Å². The zero-order valence-electron chi connectivity index (χ0n) is 17.9. The second-order valence-corrected chi connectivity index (χ2v) is 8.32. The molecule has 1 aromatic heterocycles. The number of nitrogens with one attached hydrogen (secondary N) is 1. The Bertz CT molecular complexity index is 1250. The summed E-state index contributed by atoms with van der Waals surface area (Å²) in [6.45, 7) is 4.14. The van der Waals surface area contributed by atoms with E-state index < -0.39 is 11.3 Å². The number of carbonyl (C=O) groups is 2. The van der Waals surface area contributed by atoms with E-state index in [1.54, 1.807) is 18.3 Å². The van der Waals surface area contributed by atoms with E-state index in [0.29, 0.717) is 22.9 Å². The van der Waals surface area contributed by atoms with Crippen molar-refractivity contribution < 1.29 is 19.1 Å². The van der Waals surface area contributed by atoms with Gasteiger partial charge in [0.15, 0.2) is 11.5 Å². The number of aromatic nitrogens is 1. The number of anilines is 1. The fourth-order valence-electron chi connectivity index (χ4n) is 4.13. The van der Waals surface area contributed by atoms with Crippen molar-refractivity contribution in [3.05, 3.63) is 70.9 Å². The second kappa shape index (κ2) is 7.37. The molecule has 0 atom stereocenters. The first-order chi connectivity index (χ1) is 15.4. The Hall–Kier alpha value is -3.87. The number of nitrogens with zero attached hydrogens (tertiary/aromatic N) is 1. The van der Waals surface area contributed by atoms with Gasteiger partial charge in [-0.25, -0.2) is 4.98 Å². The van der Waals surface area contributed by atoms with Gasteiger partial charge >= 0.3 is 0 Å². The van der Waals surface area contributed by atoms with Crippen LogP contribution in [0.4, 0.5) is 5.82 Å². The van der Waals surface area contributed by atoms with Crippen molar-refractivity contribution in [1.29, 1.82) is 0 Å². The molecule has 1 saturated carbocycles. The largest absolute Gasteiger partial charge is 0.454 e. The van der Waals surface area contributed by atoms with Crippen LogP contribution in [0.1, 0.15) is 39.9 Å². The van der Waals surface area contributed by atoms with Gasteiger partial charge < -0.3 is 20.5 Å². The van der Waals surface area contributed by atoms with E-state index in [4.69, 9.17) is 15.2 Å². The third-order valence-corrected chi connectivity index (χ3v) is 6.47. The molecule has 3 aromatic rings. The average Bonchev–Trinajstić information content (AvgIpc) is 3.48. The minimum Gasteiger partial charge on any atom is -0.454 e. The molecule has 2 heterocycles. The molecule has 2 aliphatic rings. The quantitative estimate of drug-likeness (QED) is 0.641. The summed E-state index contributed by atoms with van der Waals surface area (Å²) in [7, 11) is 0. The number of pyridine rings is 1. The number of amides is 2. The number of fused-ring (bicyclic) bond motifs is 1. The average molecular weight is 429 g/mol. The van der Waals surface area contributed by atoms with E-state index in [2.05, 4.69) is 10.3 Å². The van der Waals surface area contributed by atoms with E-state index in [9.17, 15) is 9.59 Å². The Kier molecular flexibility index (Phi) is 4.62. The molecular formula is C25H23N3O4. The van der Waals surface area contributed by atoms with E-state index in [-0.39, 0.29) is 12.7 Å². The van der Waals surface area contributed by atoms with Crippen molar-refractivity contribution in [2.75, 3.05) is 12.1 Å². The number of rotatable bonds is 5. The molecule has 0 saturated heterocycles. The monoisotopic (exact) mass is 429 g/mol. The Labute approximate surface area is 185 Å². The van der Waals surface area contributed by atoms with Crippen LogP contribution in [0, 0.1) is 13.8 Å². The highest BCUT2D eigenvalue weighted by Gasteiger charge is 2.52. The van der Waals surface area contributed by atoms with Crippen LogP contribution < -0.4 is 20.5 Å². The minimum absolute atomic E-state index is 0.0649. The maximum absolute atomic E-state index is 13.3. The van der Waals surface area contributed by atoms with Crippen LogP contribution in [-0.4, -0.2) is 23.6 Å². The summed E-state index contributed by atoms with van der Waals surface area (Å²) in [6, 6.07) is 12.8. The van der Waals surface area contributed by atoms with Gasteiger partial charge in [-0.2, -0.15) is 0 Å². The summed E-state index contributed by atoms with van der Waals surface area (Å²) >= 11 is 0. The maximum atomic E-state index is 13.3. The first-order valence-corrected chi connectivity index (χ1v) is 10.5. The number of nitrogens with two attached hydrogens (primary N) is 1. The topological polar surface area (TPSA) is 104 Å². The standard InChI is InChI=1S/C25H23N3O4/c1-14-15(2)23(27-12-19(14)16-3-5-17(6-4-16)22(26)29)28-24(30)25(9-10-25)18-7-8-20-21(11-18)32-13-31-20/h3-8,11-12H,9-10,13H2,1-2H3,(H2,26,29)(H,27,28,30). The lowest BCUT2D eigenvalue weighted by atomic mass is 9.94. The fourth-order valence-corrected chi connectivity index (χ4v) is 4.13. The summed E-state index contributed by atoms with van der Waals surface area (Å²) in [6.07, 6.45) is 3.30. The Morgan fingerprint density at radius 2 is 1.72 bits per heavy atom. The van der Waals surface area contributed by atoms with Crippen LogP contribution >= 0.6 is 0 Å². The number of benzene rings is 2. The van der Waals surface area contributed by atoms with Gasteiger partial charge in [0, 0.05) is 17.3 Å². The maximum Gasteiger partial charge on any atom is 0.248 e. The summed E-state index contributed by atoms with van der Waals surface area (Å²) < 4.78 is 10.9. The molecule has 32 heavy (non-hydrogen) atoms. The van der Waals surface area contributed by atoms with Crippen LogP contribution in [0.3, 0.4) is 0 Å². The first kappa shape index (κ1) is 20.1. The molecule has 0 bridgehead atoms. The van der Waals surface area contributed by atoms with E-state index in [1.807, 2.05) is 44.2 Å². The molecule has 0 spiro atoms. The van der Waals surface area contributed by atoms with Crippen molar-refractivity contribution >= 4 is 17.6 Å². The molecule has 7 heteroatoms. The highest BCUT2D eigenvalue weighted by molar-refractivity contribution is 6.01. The number of hydrogen-bond donors (Lipinski definition) is 2. The third kappa shape index (κ3) is 3.26. The van der Waals surface area contributed by atoms with Gasteiger partial charge in [-0.05, 0) is 73.2 Å². The summed E-state index contributed by atoms with van der Waals surface area (Å²) in [5.74, 6) is 1.41. The van der Waals surface area contributed by atoms with Gasteiger partial charge in [-0.3, -0.25) is 9.59 Å². The van der Waals surface area contributed by atoms with Gasteiger partial charge in [0.1, 0.15) is 5.82 Å². The summed E-state index contributed by atoms with van der Waals surface area (Å²) in [5, 5.41) is 3.04. The van der Waals surface area contributed by atoms with Gasteiger partial charge in [0.05, 0.1) is 5.41 Å². The zero-order valence-corrected chi connectivity index (χ0v) is 17.9. The Morgan fingerprint density at radius 1 is 1.00 bits per heavy atom. The van der Waals surface area contributed by atoms with Crippen molar-refractivity contribution in [3.8, 4) is 22.6 Å². The van der Waals surface area contributed by atoms with Crippen LogP contribution in [-0.2, 0) is 10.2 Å². The molecular weight excluding hydrogens is 406 g/mol. The second-order valence-electron chi connectivity index (χ2n) is 8.32. The van der Waals surface area contributed by atoms with Crippen LogP contribution in [0.2, 0.25) is 0 Å².